The molecule has 0 saturated carbocycles. The van der Waals surface area contributed by atoms with Gasteiger partial charge < -0.3 is 10.1 Å². The summed E-state index contributed by atoms with van der Waals surface area (Å²) in [7, 11) is 0. The smallest absolute Gasteiger partial charge is 0.127 e. The number of benzene rings is 1. The standard InChI is InChI=1S/C15H20FNO/c1-3-5-6-8-18-15-10-13(9-14(16)11-15)12-17-7-4-2/h1,9-11,17H,4-8,12H2,2H3. The Bertz CT molecular complexity index is 398. The van der Waals surface area contributed by atoms with E-state index in [-0.39, 0.29) is 5.82 Å². The molecule has 0 aliphatic heterocycles. The molecular formula is C15H20FNO. The molecule has 0 aromatic heterocycles. The number of hydrogen-bond donors (Lipinski definition) is 1. The molecule has 0 bridgehead atoms. The monoisotopic (exact) mass is 249 g/mol. The highest BCUT2D eigenvalue weighted by molar-refractivity contribution is 5.29. The van der Waals surface area contributed by atoms with E-state index in [1.54, 1.807) is 0 Å². The van der Waals surface area contributed by atoms with Crippen LogP contribution in [0.4, 0.5) is 4.39 Å². The lowest BCUT2D eigenvalue weighted by Gasteiger charge is -2.08. The lowest BCUT2D eigenvalue weighted by atomic mass is 10.2. The van der Waals surface area contributed by atoms with E-state index in [0.717, 1.165) is 24.9 Å². The maximum atomic E-state index is 13.4. The van der Waals surface area contributed by atoms with Crippen molar-refractivity contribution in [3.05, 3.63) is 29.6 Å². The molecule has 0 aliphatic rings. The quantitative estimate of drug-likeness (QED) is 0.564. The Morgan fingerprint density at radius 2 is 2.22 bits per heavy atom. The van der Waals surface area contributed by atoms with Crippen molar-refractivity contribution in [2.45, 2.75) is 32.7 Å². The number of nitrogens with one attached hydrogen (secondary N) is 1. The van der Waals surface area contributed by atoms with E-state index in [9.17, 15) is 4.39 Å². The molecule has 18 heavy (non-hydrogen) atoms. The van der Waals surface area contributed by atoms with E-state index >= 15 is 0 Å². The van der Waals surface area contributed by atoms with Crippen LogP contribution in [0.1, 0.15) is 31.7 Å². The van der Waals surface area contributed by atoms with Gasteiger partial charge >= 0.3 is 0 Å². The van der Waals surface area contributed by atoms with Crippen molar-refractivity contribution in [3.63, 3.8) is 0 Å². The van der Waals surface area contributed by atoms with E-state index in [2.05, 4.69) is 18.2 Å². The normalized spacial score (nSPS) is 10.1. The fourth-order valence-electron chi connectivity index (χ4n) is 1.58. The van der Waals surface area contributed by atoms with Crippen LogP contribution < -0.4 is 10.1 Å². The molecule has 0 radical (unpaired) electrons. The zero-order valence-electron chi connectivity index (χ0n) is 10.8. The molecule has 1 aromatic rings. The molecule has 1 N–H and O–H groups in total. The molecule has 0 unspecified atom stereocenters. The second kappa shape index (κ2) is 8.54. The summed E-state index contributed by atoms with van der Waals surface area (Å²) in [4.78, 5) is 0. The minimum absolute atomic E-state index is 0.266. The topological polar surface area (TPSA) is 21.3 Å². The second-order valence-electron chi connectivity index (χ2n) is 4.13. The lowest BCUT2D eigenvalue weighted by molar-refractivity contribution is 0.311. The molecule has 3 heteroatoms. The highest BCUT2D eigenvalue weighted by Gasteiger charge is 2.01. The Kier molecular flexibility index (Phi) is 6.90. The predicted octanol–water partition coefficient (Wildman–Crippen LogP) is 3.12. The van der Waals surface area contributed by atoms with Crippen LogP contribution in [0.25, 0.3) is 0 Å². The van der Waals surface area contributed by atoms with Crippen molar-refractivity contribution in [2.24, 2.45) is 0 Å². The Hall–Kier alpha value is -1.53. The maximum Gasteiger partial charge on any atom is 0.127 e. The van der Waals surface area contributed by atoms with Gasteiger partial charge in [0, 0.05) is 19.0 Å². The number of hydrogen-bond acceptors (Lipinski definition) is 2. The molecule has 1 rings (SSSR count). The zero-order valence-corrected chi connectivity index (χ0v) is 10.8. The Balaban J connectivity index is 2.49. The molecule has 0 heterocycles. The average molecular weight is 249 g/mol. The number of rotatable bonds is 8. The van der Waals surface area contributed by atoms with E-state index in [1.807, 2.05) is 6.07 Å². The molecule has 2 nitrogen and oxygen atoms in total. The van der Waals surface area contributed by atoms with Gasteiger partial charge in [-0.15, -0.1) is 12.3 Å². The van der Waals surface area contributed by atoms with Gasteiger partial charge in [-0.2, -0.15) is 0 Å². The van der Waals surface area contributed by atoms with Crippen LogP contribution in [-0.4, -0.2) is 13.2 Å². The van der Waals surface area contributed by atoms with E-state index < -0.39 is 0 Å². The summed E-state index contributed by atoms with van der Waals surface area (Å²) in [5.41, 5.74) is 0.899. The third-order valence-electron chi connectivity index (χ3n) is 2.42. The Labute approximate surface area is 109 Å². The average Bonchev–Trinajstić information content (AvgIpc) is 2.34. The van der Waals surface area contributed by atoms with Crippen LogP contribution in [0.3, 0.4) is 0 Å². The van der Waals surface area contributed by atoms with Crippen molar-refractivity contribution in [2.75, 3.05) is 13.2 Å². The maximum absolute atomic E-state index is 13.4. The molecular weight excluding hydrogens is 229 g/mol. The number of terminal acetylenes is 1. The summed E-state index contributed by atoms with van der Waals surface area (Å²) in [5, 5.41) is 3.23. The summed E-state index contributed by atoms with van der Waals surface area (Å²) in [6.45, 7) is 4.20. The van der Waals surface area contributed by atoms with Crippen LogP contribution in [0.2, 0.25) is 0 Å². The van der Waals surface area contributed by atoms with Crippen molar-refractivity contribution < 1.29 is 9.13 Å². The highest BCUT2D eigenvalue weighted by atomic mass is 19.1. The fourth-order valence-corrected chi connectivity index (χ4v) is 1.58. The van der Waals surface area contributed by atoms with Crippen LogP contribution in [-0.2, 0) is 6.54 Å². The van der Waals surface area contributed by atoms with E-state index in [1.165, 1.54) is 12.1 Å². The Morgan fingerprint density at radius 1 is 1.39 bits per heavy atom. The predicted molar refractivity (Wildman–Crippen MR) is 72.0 cm³/mol. The molecule has 1 aromatic carbocycles. The van der Waals surface area contributed by atoms with Gasteiger partial charge in [-0.05, 0) is 37.1 Å². The first-order valence-electron chi connectivity index (χ1n) is 6.32. The van der Waals surface area contributed by atoms with Gasteiger partial charge in [0.05, 0.1) is 6.61 Å². The van der Waals surface area contributed by atoms with Crippen molar-refractivity contribution >= 4 is 0 Å². The lowest BCUT2D eigenvalue weighted by Crippen LogP contribution is -2.14. The van der Waals surface area contributed by atoms with Crippen LogP contribution in [0, 0.1) is 18.2 Å². The molecule has 98 valence electrons. The summed E-state index contributed by atoms with van der Waals surface area (Å²) >= 11 is 0. The van der Waals surface area contributed by atoms with Crippen molar-refractivity contribution in [1.82, 2.24) is 5.32 Å². The van der Waals surface area contributed by atoms with Crippen LogP contribution in [0.15, 0.2) is 18.2 Å². The first kappa shape index (κ1) is 14.5. The van der Waals surface area contributed by atoms with Crippen LogP contribution >= 0.6 is 0 Å². The minimum atomic E-state index is -0.266. The minimum Gasteiger partial charge on any atom is -0.493 e. The molecule has 0 atom stereocenters. The molecule has 0 fully saturated rings. The summed E-state index contributed by atoms with van der Waals surface area (Å²) in [6, 6.07) is 4.79. The number of halogens is 1. The second-order valence-corrected chi connectivity index (χ2v) is 4.13. The first-order valence-corrected chi connectivity index (χ1v) is 6.32. The third-order valence-corrected chi connectivity index (χ3v) is 2.42. The van der Waals surface area contributed by atoms with E-state index in [4.69, 9.17) is 11.2 Å². The fraction of sp³-hybridized carbons (Fsp3) is 0.467. The molecule has 0 amide bonds. The van der Waals surface area contributed by atoms with Gasteiger partial charge in [0.25, 0.3) is 0 Å². The van der Waals surface area contributed by atoms with Crippen molar-refractivity contribution in [1.29, 1.82) is 0 Å². The molecule has 0 spiro atoms. The van der Waals surface area contributed by atoms with Crippen molar-refractivity contribution in [3.8, 4) is 18.1 Å². The number of unbranched alkanes of at least 4 members (excludes halogenated alkanes) is 1. The molecule has 0 aliphatic carbocycles. The third kappa shape index (κ3) is 5.70. The van der Waals surface area contributed by atoms with Gasteiger partial charge in [0.15, 0.2) is 0 Å². The molecule has 0 saturated heterocycles. The van der Waals surface area contributed by atoms with Gasteiger partial charge in [-0.1, -0.05) is 6.92 Å². The summed E-state index contributed by atoms with van der Waals surface area (Å²) in [6.07, 6.45) is 7.68. The van der Waals surface area contributed by atoms with Gasteiger partial charge in [-0.3, -0.25) is 0 Å². The SMILES string of the molecule is C#CCCCOc1cc(F)cc(CNCCC)c1. The first-order chi connectivity index (χ1) is 8.76. The summed E-state index contributed by atoms with van der Waals surface area (Å²) < 4.78 is 18.8. The zero-order chi connectivity index (χ0) is 13.2. The number of ether oxygens (including phenoxy) is 1. The van der Waals surface area contributed by atoms with Gasteiger partial charge in [0.2, 0.25) is 0 Å². The highest BCUT2D eigenvalue weighted by Crippen LogP contribution is 2.16. The van der Waals surface area contributed by atoms with Crippen LogP contribution in [0.5, 0.6) is 5.75 Å². The largest absolute Gasteiger partial charge is 0.493 e. The Morgan fingerprint density at radius 3 is 2.94 bits per heavy atom. The van der Waals surface area contributed by atoms with Gasteiger partial charge in [0.1, 0.15) is 11.6 Å². The van der Waals surface area contributed by atoms with E-state index in [0.29, 0.717) is 25.3 Å². The summed E-state index contributed by atoms with van der Waals surface area (Å²) in [5.74, 6) is 2.85. The van der Waals surface area contributed by atoms with Gasteiger partial charge in [-0.25, -0.2) is 4.39 Å².